The van der Waals surface area contributed by atoms with E-state index in [1.807, 2.05) is 7.05 Å². The van der Waals surface area contributed by atoms with E-state index in [2.05, 4.69) is 15.0 Å². The Hall–Kier alpha value is -2.91. The molecule has 3 aromatic rings. The topological polar surface area (TPSA) is 54.2 Å². The van der Waals surface area contributed by atoms with E-state index in [1.165, 1.54) is 10.9 Å². The molecule has 0 saturated heterocycles. The van der Waals surface area contributed by atoms with Gasteiger partial charge in [0.25, 0.3) is 0 Å². The van der Waals surface area contributed by atoms with E-state index in [0.29, 0.717) is 22.8 Å². The summed E-state index contributed by atoms with van der Waals surface area (Å²) in [4.78, 5) is 6.51. The monoisotopic (exact) mass is 424 g/mol. The lowest BCUT2D eigenvalue weighted by molar-refractivity contribution is -0.140. The number of anilines is 1. The van der Waals surface area contributed by atoms with Crippen LogP contribution in [0.1, 0.15) is 24.8 Å². The molecule has 10 heteroatoms. The number of hydrogen-bond acceptors (Lipinski definition) is 4. The van der Waals surface area contributed by atoms with Gasteiger partial charge in [-0.15, -0.1) is 0 Å². The quantitative estimate of drug-likeness (QED) is 0.623. The lowest BCUT2D eigenvalue weighted by Crippen LogP contribution is -2.67. The van der Waals surface area contributed by atoms with E-state index >= 15 is 0 Å². The third-order valence-corrected chi connectivity index (χ3v) is 6.52. The molecule has 0 spiro atoms. The normalized spacial score (nSPS) is 22.7. The number of phenols is 1. The summed E-state index contributed by atoms with van der Waals surface area (Å²) in [6.45, 7) is 0. The lowest BCUT2D eigenvalue weighted by atomic mass is 9.49. The van der Waals surface area contributed by atoms with Crippen LogP contribution >= 0.6 is 0 Å². The second-order valence-electron chi connectivity index (χ2n) is 8.24. The molecule has 0 atom stereocenters. The van der Waals surface area contributed by atoms with Crippen molar-refractivity contribution in [3.63, 3.8) is 0 Å². The lowest BCUT2D eigenvalue weighted by Gasteiger charge is -2.66. The minimum atomic E-state index is -5.11. The molecule has 2 aromatic heterocycles. The van der Waals surface area contributed by atoms with Crippen LogP contribution in [0.15, 0.2) is 18.3 Å². The number of aromatic hydroxyl groups is 1. The third-order valence-electron chi connectivity index (χ3n) is 6.52. The fourth-order valence-corrected chi connectivity index (χ4v) is 4.61. The number of phenolic OH excluding ortho intramolecular Hbond substituents is 1. The van der Waals surface area contributed by atoms with Gasteiger partial charge in [0.15, 0.2) is 17.4 Å². The van der Waals surface area contributed by atoms with Crippen molar-refractivity contribution in [3.05, 3.63) is 35.5 Å². The van der Waals surface area contributed by atoms with Gasteiger partial charge in [-0.05, 0) is 31.2 Å². The molecule has 0 amide bonds. The van der Waals surface area contributed by atoms with Crippen molar-refractivity contribution in [2.24, 2.45) is 13.0 Å². The highest BCUT2D eigenvalue weighted by atomic mass is 19.4. The molecule has 3 fully saturated rings. The first-order valence-electron chi connectivity index (χ1n) is 9.37. The van der Waals surface area contributed by atoms with Crippen LogP contribution in [0.4, 0.5) is 27.8 Å². The van der Waals surface area contributed by atoms with Crippen molar-refractivity contribution in [3.8, 4) is 17.0 Å². The first-order chi connectivity index (χ1) is 14.0. The highest BCUT2D eigenvalue weighted by Gasteiger charge is 2.59. The minimum Gasteiger partial charge on any atom is -0.503 e. The van der Waals surface area contributed by atoms with Crippen molar-refractivity contribution in [2.45, 2.75) is 31.0 Å². The molecule has 5 nitrogen and oxygen atoms in total. The van der Waals surface area contributed by atoms with Gasteiger partial charge in [-0.25, -0.2) is 13.8 Å². The molecule has 0 radical (unpaired) electrons. The summed E-state index contributed by atoms with van der Waals surface area (Å²) >= 11 is 0. The molecule has 1 N–H and O–H groups in total. The minimum absolute atomic E-state index is 0.114. The summed E-state index contributed by atoms with van der Waals surface area (Å²) in [7, 11) is 3.52. The van der Waals surface area contributed by atoms with Crippen molar-refractivity contribution in [1.29, 1.82) is 0 Å². The average Bonchev–Trinajstić information content (AvgIpc) is 2.92. The smallest absolute Gasteiger partial charge is 0.419 e. The van der Waals surface area contributed by atoms with E-state index in [9.17, 15) is 27.1 Å². The Balaban J connectivity index is 1.65. The van der Waals surface area contributed by atoms with E-state index < -0.39 is 34.7 Å². The Morgan fingerprint density at radius 1 is 1.17 bits per heavy atom. The van der Waals surface area contributed by atoms with Gasteiger partial charge in [0.1, 0.15) is 11.5 Å². The molecule has 158 valence electrons. The number of fused-ring (bicyclic) bond motifs is 1. The van der Waals surface area contributed by atoms with Gasteiger partial charge in [-0.1, -0.05) is 0 Å². The second-order valence-corrected chi connectivity index (χ2v) is 8.24. The standard InChI is InChI=1S/C20H17F5N4O/c1-28(19-5-9(6-19)7-19)14-4-13-11(8-26-14)17(27-29(13)2)10-3-12(20(23,24)25)16(22)18(30)15(10)21/h3-4,8-9,30H,5-7H2,1-2H3. The summed E-state index contributed by atoms with van der Waals surface area (Å²) in [5, 5.41) is 14.0. The van der Waals surface area contributed by atoms with Crippen molar-refractivity contribution < 1.29 is 27.1 Å². The Morgan fingerprint density at radius 2 is 1.83 bits per heavy atom. The Kier molecular flexibility index (Phi) is 3.71. The zero-order valence-corrected chi connectivity index (χ0v) is 16.1. The van der Waals surface area contributed by atoms with Gasteiger partial charge in [0.05, 0.1) is 11.1 Å². The summed E-state index contributed by atoms with van der Waals surface area (Å²) < 4.78 is 69.2. The highest BCUT2D eigenvalue weighted by Crippen LogP contribution is 2.60. The summed E-state index contributed by atoms with van der Waals surface area (Å²) in [5.74, 6) is -3.78. The first kappa shape index (κ1) is 19.1. The maximum Gasteiger partial charge on any atom is 0.419 e. The molecule has 3 aliphatic rings. The van der Waals surface area contributed by atoms with Crippen LogP contribution in [0.25, 0.3) is 22.2 Å². The van der Waals surface area contributed by atoms with Crippen molar-refractivity contribution in [1.82, 2.24) is 14.8 Å². The maximum atomic E-state index is 14.5. The zero-order chi connectivity index (χ0) is 21.6. The predicted molar refractivity (Wildman–Crippen MR) is 99.0 cm³/mol. The van der Waals surface area contributed by atoms with Gasteiger partial charge in [-0.2, -0.15) is 18.3 Å². The molecule has 0 aliphatic heterocycles. The molecule has 3 saturated carbocycles. The Labute approximate surface area is 167 Å². The van der Waals surface area contributed by atoms with Crippen LogP contribution in [0, 0.1) is 17.6 Å². The molecule has 6 rings (SSSR count). The molecule has 0 unspecified atom stereocenters. The number of alkyl halides is 3. The fraction of sp³-hybridized carbons (Fsp3) is 0.400. The van der Waals surface area contributed by atoms with E-state index in [0.717, 1.165) is 25.2 Å². The number of nitrogens with zero attached hydrogens (tertiary/aromatic N) is 4. The molecule has 2 bridgehead atoms. The number of halogens is 5. The highest BCUT2D eigenvalue weighted by molar-refractivity contribution is 5.94. The van der Waals surface area contributed by atoms with Gasteiger partial charge in [0, 0.05) is 42.8 Å². The number of hydrogen-bond donors (Lipinski definition) is 1. The first-order valence-corrected chi connectivity index (χ1v) is 9.37. The molecular weight excluding hydrogens is 407 g/mol. The SMILES string of the molecule is CN(c1cc2c(cn1)c(-c1cc(C(F)(F)F)c(F)c(O)c1F)nn2C)C12CC(C1)C2. The molecule has 2 heterocycles. The molecular formula is C20H17F5N4O. The van der Waals surface area contributed by atoms with Crippen LogP contribution < -0.4 is 4.90 Å². The number of benzene rings is 1. The number of aryl methyl sites for hydroxylation is 1. The maximum absolute atomic E-state index is 14.5. The third kappa shape index (κ3) is 2.45. The van der Waals surface area contributed by atoms with Crippen molar-refractivity contribution in [2.75, 3.05) is 11.9 Å². The fourth-order valence-electron chi connectivity index (χ4n) is 4.61. The predicted octanol–water partition coefficient (Wildman–Crippen LogP) is 4.63. The van der Waals surface area contributed by atoms with Gasteiger partial charge >= 0.3 is 6.18 Å². The molecule has 30 heavy (non-hydrogen) atoms. The largest absolute Gasteiger partial charge is 0.503 e. The van der Waals surface area contributed by atoms with Crippen LogP contribution in [0.5, 0.6) is 5.75 Å². The van der Waals surface area contributed by atoms with Crippen molar-refractivity contribution >= 4 is 16.7 Å². The molecule has 3 aliphatic carbocycles. The van der Waals surface area contributed by atoms with Gasteiger partial charge in [-0.3, -0.25) is 4.68 Å². The van der Waals surface area contributed by atoms with Crippen LogP contribution in [0.2, 0.25) is 0 Å². The number of rotatable bonds is 3. The van der Waals surface area contributed by atoms with Gasteiger partial charge in [0.2, 0.25) is 0 Å². The summed E-state index contributed by atoms with van der Waals surface area (Å²) in [6.07, 6.45) is -0.353. The average molecular weight is 424 g/mol. The van der Waals surface area contributed by atoms with E-state index in [4.69, 9.17) is 0 Å². The summed E-state index contributed by atoms with van der Waals surface area (Å²) in [6, 6.07) is 2.08. The Morgan fingerprint density at radius 3 is 2.40 bits per heavy atom. The van der Waals surface area contributed by atoms with Crippen LogP contribution in [0.3, 0.4) is 0 Å². The van der Waals surface area contributed by atoms with Crippen LogP contribution in [-0.4, -0.2) is 32.5 Å². The Bertz CT molecular complexity index is 1190. The van der Waals surface area contributed by atoms with Crippen LogP contribution in [-0.2, 0) is 13.2 Å². The number of aromatic nitrogens is 3. The molecule has 1 aromatic carbocycles. The summed E-state index contributed by atoms with van der Waals surface area (Å²) in [5.41, 5.74) is -1.91. The van der Waals surface area contributed by atoms with E-state index in [-0.39, 0.29) is 11.2 Å². The zero-order valence-electron chi connectivity index (χ0n) is 16.1. The number of pyridine rings is 1. The second kappa shape index (κ2) is 5.83. The van der Waals surface area contributed by atoms with Gasteiger partial charge < -0.3 is 10.0 Å². The van der Waals surface area contributed by atoms with E-state index in [1.54, 1.807) is 13.1 Å².